The van der Waals surface area contributed by atoms with Crippen LogP contribution in [0.3, 0.4) is 0 Å². The highest BCUT2D eigenvalue weighted by molar-refractivity contribution is 5.88. The summed E-state index contributed by atoms with van der Waals surface area (Å²) in [6, 6.07) is 7.60. The van der Waals surface area contributed by atoms with Crippen molar-refractivity contribution in [1.29, 1.82) is 0 Å². The van der Waals surface area contributed by atoms with Crippen molar-refractivity contribution in [2.45, 2.75) is 106 Å². The number of benzene rings is 1. The minimum atomic E-state index is -0.866. The molecule has 7 rings (SSSR count). The van der Waals surface area contributed by atoms with Gasteiger partial charge in [0.1, 0.15) is 0 Å². The van der Waals surface area contributed by atoms with Crippen LogP contribution in [0.25, 0.3) is 5.57 Å². The third kappa shape index (κ3) is 5.56. The van der Waals surface area contributed by atoms with E-state index in [1.54, 1.807) is 12.1 Å². The number of carboxylic acid groups (broad SMARTS) is 1. The van der Waals surface area contributed by atoms with Gasteiger partial charge in [-0.25, -0.2) is 4.79 Å². The average Bonchev–Trinajstić information content (AvgIpc) is 3.47. The molecule has 1 heterocycles. The molecule has 6 heteroatoms. The Kier molecular flexibility index (Phi) is 9.27. The molecule has 4 saturated carbocycles. The Morgan fingerprint density at radius 2 is 1.64 bits per heavy atom. The maximum Gasteiger partial charge on any atom is 0.335 e. The van der Waals surface area contributed by atoms with Crippen molar-refractivity contribution < 1.29 is 14.7 Å². The van der Waals surface area contributed by atoms with Gasteiger partial charge in [0, 0.05) is 45.7 Å². The second-order valence-electron chi connectivity index (χ2n) is 19.1. The number of carbonyl (C=O) groups excluding carboxylic acids is 1. The molecule has 274 valence electrons. The summed E-state index contributed by atoms with van der Waals surface area (Å²) in [4.78, 5) is 27.3. The summed E-state index contributed by atoms with van der Waals surface area (Å²) in [7, 11) is 0. The summed E-state index contributed by atoms with van der Waals surface area (Å²) in [5, 5.41) is 16.4. The smallest absolute Gasteiger partial charge is 0.335 e. The number of nitrogens with zero attached hydrogens (tertiary/aromatic N) is 1. The van der Waals surface area contributed by atoms with Crippen LogP contribution in [-0.4, -0.2) is 61.2 Å². The predicted molar refractivity (Wildman–Crippen MR) is 203 cm³/mol. The number of carboxylic acids is 1. The fourth-order valence-corrected chi connectivity index (χ4v) is 14.0. The molecule has 1 aliphatic heterocycles. The Hall–Kier alpha value is -2.44. The quantitative estimate of drug-likeness (QED) is 0.240. The highest BCUT2D eigenvalue weighted by atomic mass is 16.4. The normalized spacial score (nSPS) is 40.8. The molecule has 5 fully saturated rings. The van der Waals surface area contributed by atoms with Crippen LogP contribution >= 0.6 is 0 Å². The first-order chi connectivity index (χ1) is 23.7. The maximum atomic E-state index is 13.3. The van der Waals surface area contributed by atoms with Gasteiger partial charge in [-0.15, -0.1) is 0 Å². The minimum Gasteiger partial charge on any atom is -0.478 e. The zero-order valence-electron chi connectivity index (χ0n) is 32.0. The van der Waals surface area contributed by atoms with Crippen LogP contribution in [-0.2, 0) is 4.79 Å². The molecule has 3 N–H and O–H groups in total. The second-order valence-corrected chi connectivity index (χ2v) is 19.1. The van der Waals surface area contributed by atoms with Gasteiger partial charge in [0.15, 0.2) is 0 Å². The lowest BCUT2D eigenvalue weighted by molar-refractivity contribution is -0.225. The molecule has 1 aromatic carbocycles. The van der Waals surface area contributed by atoms with Crippen LogP contribution in [0.1, 0.15) is 122 Å². The van der Waals surface area contributed by atoms with Gasteiger partial charge in [-0.2, -0.15) is 0 Å². The predicted octanol–water partition coefficient (Wildman–Crippen LogP) is 8.45. The zero-order chi connectivity index (χ0) is 35.7. The topological polar surface area (TPSA) is 81.7 Å². The van der Waals surface area contributed by atoms with E-state index in [0.29, 0.717) is 41.6 Å². The van der Waals surface area contributed by atoms with E-state index in [4.69, 9.17) is 0 Å². The number of allylic oxidation sites excluding steroid dienone is 3. The zero-order valence-corrected chi connectivity index (χ0v) is 32.0. The highest BCUT2D eigenvalue weighted by Crippen LogP contribution is 2.77. The van der Waals surface area contributed by atoms with Gasteiger partial charge in [-0.05, 0) is 145 Å². The number of amides is 1. The highest BCUT2D eigenvalue weighted by Gasteiger charge is 2.70. The van der Waals surface area contributed by atoms with E-state index in [0.717, 1.165) is 45.7 Å². The summed E-state index contributed by atoms with van der Waals surface area (Å²) in [5.74, 6) is 2.43. The maximum absolute atomic E-state index is 13.3. The van der Waals surface area contributed by atoms with Gasteiger partial charge in [-0.1, -0.05) is 65.0 Å². The number of hydrogen-bond acceptors (Lipinski definition) is 4. The number of nitrogens with one attached hydrogen (secondary N) is 2. The number of carbonyl (C=O) groups is 2. The van der Waals surface area contributed by atoms with Gasteiger partial charge in [0.25, 0.3) is 0 Å². The molecule has 0 spiro atoms. The third-order valence-electron chi connectivity index (χ3n) is 16.8. The molecule has 1 aromatic rings. The molecule has 1 amide bonds. The minimum absolute atomic E-state index is 0.0120. The lowest BCUT2D eigenvalue weighted by atomic mass is 9.32. The van der Waals surface area contributed by atoms with E-state index in [-0.39, 0.29) is 33.0 Å². The van der Waals surface area contributed by atoms with Crippen molar-refractivity contribution in [1.82, 2.24) is 15.5 Å². The number of fused-ring (bicyclic) bond motifs is 7. The Morgan fingerprint density at radius 1 is 0.920 bits per heavy atom. The van der Waals surface area contributed by atoms with Gasteiger partial charge in [0.05, 0.1) is 5.56 Å². The summed E-state index contributed by atoms with van der Waals surface area (Å²) in [6.07, 6.45) is 14.3. The first-order valence-electron chi connectivity index (χ1n) is 20.1. The van der Waals surface area contributed by atoms with Crippen molar-refractivity contribution >= 4 is 17.4 Å². The molecule has 6 aliphatic rings. The molecule has 0 bridgehead atoms. The van der Waals surface area contributed by atoms with E-state index in [9.17, 15) is 14.7 Å². The monoisotopic (exact) mass is 684 g/mol. The summed E-state index contributed by atoms with van der Waals surface area (Å²) < 4.78 is 0. The second kappa shape index (κ2) is 12.9. The van der Waals surface area contributed by atoms with Crippen molar-refractivity contribution in [2.24, 2.45) is 56.7 Å². The largest absolute Gasteiger partial charge is 0.478 e. The summed E-state index contributed by atoms with van der Waals surface area (Å²) in [5.41, 5.74) is 5.25. The number of hydrogen-bond donors (Lipinski definition) is 3. The van der Waals surface area contributed by atoms with Gasteiger partial charge in [0.2, 0.25) is 5.91 Å². The van der Waals surface area contributed by atoms with Crippen LogP contribution in [0.5, 0.6) is 0 Å². The van der Waals surface area contributed by atoms with E-state index in [1.807, 2.05) is 12.1 Å². The Balaban J connectivity index is 1.13. The van der Waals surface area contributed by atoms with E-state index < -0.39 is 5.97 Å². The third-order valence-corrected chi connectivity index (χ3v) is 16.8. The first-order valence-corrected chi connectivity index (χ1v) is 20.1. The van der Waals surface area contributed by atoms with Crippen LogP contribution in [0.15, 0.2) is 42.5 Å². The average molecular weight is 684 g/mol. The molecular formula is C44H65N3O3. The summed E-state index contributed by atoms with van der Waals surface area (Å²) in [6.45, 7) is 25.7. The molecule has 0 unspecified atom stereocenters. The first kappa shape index (κ1) is 35.9. The SMILES string of the molecule is C=C(C)[C@@H]1CC[C@]2(CNC(=O)CCN3CCNCC3)CC[C@]3(C)[C@H](CC[C@@H]4[C@@]5(C)CC=C(c6ccc(C(=O)O)cc6)C(C)(C)[C@@H]5CC[C@]43C)[C@@H]12. The number of piperazine rings is 1. The van der Waals surface area contributed by atoms with Crippen LogP contribution in [0.4, 0.5) is 0 Å². The van der Waals surface area contributed by atoms with Crippen molar-refractivity contribution in [2.75, 3.05) is 39.3 Å². The van der Waals surface area contributed by atoms with E-state index in [2.05, 4.69) is 69.7 Å². The van der Waals surface area contributed by atoms with E-state index in [1.165, 1.54) is 68.1 Å². The lowest BCUT2D eigenvalue weighted by Gasteiger charge is -2.72. The molecule has 50 heavy (non-hydrogen) atoms. The van der Waals surface area contributed by atoms with Crippen molar-refractivity contribution in [3.63, 3.8) is 0 Å². The fraction of sp³-hybridized carbons (Fsp3) is 0.727. The fourth-order valence-electron chi connectivity index (χ4n) is 14.0. The van der Waals surface area contributed by atoms with Gasteiger partial charge < -0.3 is 20.6 Å². The Morgan fingerprint density at radius 3 is 2.32 bits per heavy atom. The van der Waals surface area contributed by atoms with Crippen molar-refractivity contribution in [3.05, 3.63) is 53.6 Å². The van der Waals surface area contributed by atoms with Crippen LogP contribution in [0.2, 0.25) is 0 Å². The molecule has 1 saturated heterocycles. The Labute approximate surface area is 302 Å². The summed E-state index contributed by atoms with van der Waals surface area (Å²) >= 11 is 0. The number of rotatable bonds is 8. The molecule has 5 aliphatic carbocycles. The molecular weight excluding hydrogens is 619 g/mol. The molecule has 0 radical (unpaired) electrons. The Bertz CT molecular complexity index is 1520. The van der Waals surface area contributed by atoms with Crippen LogP contribution in [0, 0.1) is 56.7 Å². The molecule has 0 aromatic heterocycles. The van der Waals surface area contributed by atoms with Gasteiger partial charge >= 0.3 is 5.97 Å². The van der Waals surface area contributed by atoms with Crippen molar-refractivity contribution in [3.8, 4) is 0 Å². The van der Waals surface area contributed by atoms with Crippen LogP contribution < -0.4 is 10.6 Å². The van der Waals surface area contributed by atoms with Gasteiger partial charge in [-0.3, -0.25) is 4.79 Å². The molecule has 9 atom stereocenters. The number of aromatic carboxylic acids is 1. The lowest BCUT2D eigenvalue weighted by Crippen LogP contribution is -2.66. The standard InChI is InChI=1S/C44H65N3O3/c1-29(2)32-14-20-44(28-46-37(48)17-25-47-26-23-45-24-27-47)22-21-42(6)34(38(32)44)12-13-36-41(5)18-15-33(30-8-10-31(11-9-30)39(49)50)40(3,4)35(41)16-19-43(36,42)7/h8-11,15,32,34-36,38,45H,1,12-14,16-28H2,2-7H3,(H,46,48)(H,49,50)/t32-,34+,35-,36+,38+,41-,42+,43+,44+/m0/s1. The van der Waals surface area contributed by atoms with E-state index >= 15 is 0 Å². The molecule has 6 nitrogen and oxygen atoms in total.